The van der Waals surface area contributed by atoms with Crippen LogP contribution in [-0.4, -0.2) is 39.6 Å². The molecule has 6 heteroatoms. The van der Waals surface area contributed by atoms with E-state index in [0.717, 1.165) is 77.7 Å². The number of hydrogen-bond acceptors (Lipinski definition) is 5. The minimum absolute atomic E-state index is 0.450. The molecule has 31 heavy (non-hydrogen) atoms. The monoisotopic (exact) mass is 416 g/mol. The minimum Gasteiger partial charge on any atom is -0.497 e. The van der Waals surface area contributed by atoms with Crippen LogP contribution in [0.25, 0.3) is 22.3 Å². The summed E-state index contributed by atoms with van der Waals surface area (Å²) in [5.41, 5.74) is 5.25. The molecule has 0 radical (unpaired) electrons. The number of rotatable bonds is 5. The van der Waals surface area contributed by atoms with Crippen LogP contribution < -0.4 is 4.74 Å². The van der Waals surface area contributed by atoms with Gasteiger partial charge in [-0.15, -0.1) is 0 Å². The normalized spacial score (nSPS) is 15.6. The van der Waals surface area contributed by atoms with Gasteiger partial charge >= 0.3 is 0 Å². The van der Waals surface area contributed by atoms with Crippen LogP contribution in [0.2, 0.25) is 0 Å². The van der Waals surface area contributed by atoms with Gasteiger partial charge in [0.1, 0.15) is 22.8 Å². The van der Waals surface area contributed by atoms with Crippen LogP contribution in [0.5, 0.6) is 5.75 Å². The van der Waals surface area contributed by atoms with Crippen molar-refractivity contribution in [2.45, 2.75) is 32.2 Å². The summed E-state index contributed by atoms with van der Waals surface area (Å²) < 4.78 is 13.2. The van der Waals surface area contributed by atoms with Gasteiger partial charge in [-0.3, -0.25) is 9.88 Å². The molecular formula is C25H28N4O2. The molecule has 0 aliphatic carbocycles. The van der Waals surface area contributed by atoms with Gasteiger partial charge in [0, 0.05) is 24.2 Å². The smallest absolute Gasteiger partial charge is 0.118 e. The van der Waals surface area contributed by atoms with E-state index in [-0.39, 0.29) is 0 Å². The molecule has 1 aromatic carbocycles. The minimum atomic E-state index is 0.450. The average Bonchev–Trinajstić information content (AvgIpc) is 3.39. The largest absolute Gasteiger partial charge is 0.497 e. The number of fused-ring (bicyclic) bond motifs is 1. The van der Waals surface area contributed by atoms with Crippen LogP contribution in [-0.2, 0) is 13.6 Å². The Morgan fingerprint density at radius 2 is 1.87 bits per heavy atom. The van der Waals surface area contributed by atoms with E-state index in [0.29, 0.717) is 5.92 Å². The van der Waals surface area contributed by atoms with Crippen LogP contribution in [0, 0.1) is 6.92 Å². The zero-order chi connectivity index (χ0) is 21.4. The zero-order valence-corrected chi connectivity index (χ0v) is 18.3. The van der Waals surface area contributed by atoms with Crippen molar-refractivity contribution in [1.29, 1.82) is 0 Å². The van der Waals surface area contributed by atoms with Crippen LogP contribution >= 0.6 is 0 Å². The maximum Gasteiger partial charge on any atom is 0.118 e. The summed E-state index contributed by atoms with van der Waals surface area (Å²) in [6, 6.07) is 14.4. The van der Waals surface area contributed by atoms with E-state index in [9.17, 15) is 0 Å². The standard InChI is InChI=1S/C25H28N4O2/c1-17-4-7-21(31-17)15-29-12-10-18(11-13-29)22-14-23-25(26-16-28(23)2)24(27-22)19-5-8-20(30-3)9-6-19/h4-9,14,16,18H,10-13,15H2,1-3H3. The molecular weight excluding hydrogens is 388 g/mol. The number of hydrogen-bond donors (Lipinski definition) is 0. The number of nitrogens with zero attached hydrogens (tertiary/aromatic N) is 4. The topological polar surface area (TPSA) is 56.3 Å². The first kappa shape index (κ1) is 19.8. The van der Waals surface area contributed by atoms with E-state index in [1.165, 1.54) is 0 Å². The van der Waals surface area contributed by atoms with Crippen molar-refractivity contribution < 1.29 is 9.15 Å². The molecule has 1 aliphatic rings. The fraction of sp³-hybridized carbons (Fsp3) is 0.360. The summed E-state index contributed by atoms with van der Waals surface area (Å²) in [4.78, 5) is 12.2. The Morgan fingerprint density at radius 3 is 2.55 bits per heavy atom. The molecule has 1 fully saturated rings. The van der Waals surface area contributed by atoms with Crippen molar-refractivity contribution in [2.24, 2.45) is 7.05 Å². The van der Waals surface area contributed by atoms with E-state index >= 15 is 0 Å². The maximum atomic E-state index is 5.76. The quantitative estimate of drug-likeness (QED) is 0.462. The molecule has 4 aromatic rings. The highest BCUT2D eigenvalue weighted by Crippen LogP contribution is 2.33. The number of pyridine rings is 1. The molecule has 160 valence electrons. The van der Waals surface area contributed by atoms with Gasteiger partial charge in [-0.1, -0.05) is 0 Å². The number of methoxy groups -OCH3 is 1. The molecule has 0 saturated carbocycles. The highest BCUT2D eigenvalue weighted by atomic mass is 16.5. The molecule has 6 nitrogen and oxygen atoms in total. The highest BCUT2D eigenvalue weighted by Gasteiger charge is 2.24. The van der Waals surface area contributed by atoms with Crippen molar-refractivity contribution in [3.05, 3.63) is 66.0 Å². The molecule has 5 rings (SSSR count). The third kappa shape index (κ3) is 3.95. The van der Waals surface area contributed by atoms with E-state index in [2.05, 4.69) is 38.7 Å². The second kappa shape index (κ2) is 8.19. The number of furan rings is 1. The number of aryl methyl sites for hydroxylation is 2. The van der Waals surface area contributed by atoms with Crippen molar-refractivity contribution in [3.8, 4) is 17.0 Å². The van der Waals surface area contributed by atoms with Crippen LogP contribution in [0.1, 0.15) is 36.0 Å². The van der Waals surface area contributed by atoms with Crippen molar-refractivity contribution in [2.75, 3.05) is 20.2 Å². The SMILES string of the molecule is COc1ccc(-c2nc(C3CCN(Cc4ccc(C)o4)CC3)cc3c2ncn3C)cc1. The lowest BCUT2D eigenvalue weighted by Crippen LogP contribution is -2.32. The summed E-state index contributed by atoms with van der Waals surface area (Å²) in [6.07, 6.45) is 4.06. The lowest BCUT2D eigenvalue weighted by molar-refractivity contribution is 0.189. The van der Waals surface area contributed by atoms with Gasteiger partial charge in [0.15, 0.2) is 0 Å². The van der Waals surface area contributed by atoms with Gasteiger partial charge in [0.05, 0.1) is 31.2 Å². The van der Waals surface area contributed by atoms with Crippen LogP contribution in [0.3, 0.4) is 0 Å². The van der Waals surface area contributed by atoms with Gasteiger partial charge in [0.25, 0.3) is 0 Å². The van der Waals surface area contributed by atoms with Gasteiger partial charge in [-0.2, -0.15) is 0 Å². The molecule has 0 bridgehead atoms. The molecule has 0 atom stereocenters. The number of ether oxygens (including phenoxy) is 1. The first-order chi connectivity index (χ1) is 15.1. The van der Waals surface area contributed by atoms with Gasteiger partial charge in [0.2, 0.25) is 0 Å². The third-order valence-corrected chi connectivity index (χ3v) is 6.28. The van der Waals surface area contributed by atoms with E-state index in [1.807, 2.05) is 38.5 Å². The Kier molecular flexibility index (Phi) is 5.24. The predicted octanol–water partition coefficient (Wildman–Crippen LogP) is 4.92. The Labute approximate surface area is 182 Å². The molecule has 1 saturated heterocycles. The molecule has 0 amide bonds. The molecule has 4 heterocycles. The first-order valence-corrected chi connectivity index (χ1v) is 10.8. The number of piperidine rings is 1. The highest BCUT2D eigenvalue weighted by molar-refractivity contribution is 5.90. The first-order valence-electron chi connectivity index (χ1n) is 10.8. The summed E-state index contributed by atoms with van der Waals surface area (Å²) in [7, 11) is 3.73. The second-order valence-corrected chi connectivity index (χ2v) is 8.41. The summed E-state index contributed by atoms with van der Waals surface area (Å²) in [5, 5.41) is 0. The molecule has 0 spiro atoms. The molecule has 0 N–H and O–H groups in total. The van der Waals surface area contributed by atoms with Crippen molar-refractivity contribution in [3.63, 3.8) is 0 Å². The van der Waals surface area contributed by atoms with E-state index < -0.39 is 0 Å². The van der Waals surface area contributed by atoms with Crippen molar-refractivity contribution in [1.82, 2.24) is 19.4 Å². The van der Waals surface area contributed by atoms with Gasteiger partial charge in [-0.05, 0) is 75.3 Å². The third-order valence-electron chi connectivity index (χ3n) is 6.28. The molecule has 1 aliphatic heterocycles. The fourth-order valence-corrected chi connectivity index (χ4v) is 4.48. The number of imidazole rings is 1. The fourth-order valence-electron chi connectivity index (χ4n) is 4.48. The number of aromatic nitrogens is 3. The Hall–Kier alpha value is -3.12. The summed E-state index contributed by atoms with van der Waals surface area (Å²) in [5.74, 6) is 3.32. The molecule has 0 unspecified atom stereocenters. The van der Waals surface area contributed by atoms with Gasteiger partial charge < -0.3 is 13.7 Å². The zero-order valence-electron chi connectivity index (χ0n) is 18.3. The second-order valence-electron chi connectivity index (χ2n) is 8.41. The predicted molar refractivity (Wildman–Crippen MR) is 121 cm³/mol. The van der Waals surface area contributed by atoms with Crippen molar-refractivity contribution >= 4 is 11.0 Å². The van der Waals surface area contributed by atoms with E-state index in [1.54, 1.807) is 7.11 Å². The maximum absolute atomic E-state index is 5.76. The summed E-state index contributed by atoms with van der Waals surface area (Å²) >= 11 is 0. The van der Waals surface area contributed by atoms with Crippen LogP contribution in [0.4, 0.5) is 0 Å². The average molecular weight is 417 g/mol. The Morgan fingerprint density at radius 1 is 1.10 bits per heavy atom. The van der Waals surface area contributed by atoms with Gasteiger partial charge in [-0.25, -0.2) is 4.98 Å². The number of likely N-dealkylation sites (tertiary alicyclic amines) is 1. The Bertz CT molecular complexity index is 1180. The molecule has 3 aromatic heterocycles. The Balaban J connectivity index is 1.40. The van der Waals surface area contributed by atoms with Crippen LogP contribution in [0.15, 0.2) is 53.2 Å². The number of benzene rings is 1. The van der Waals surface area contributed by atoms with E-state index in [4.69, 9.17) is 14.1 Å². The summed E-state index contributed by atoms with van der Waals surface area (Å²) in [6.45, 7) is 4.98. The lowest BCUT2D eigenvalue weighted by atomic mass is 9.92. The lowest BCUT2D eigenvalue weighted by Gasteiger charge is -2.31.